The van der Waals surface area contributed by atoms with Crippen molar-refractivity contribution in [3.8, 4) is 0 Å². The summed E-state index contributed by atoms with van der Waals surface area (Å²) in [4.78, 5) is 11.0. The molecule has 1 saturated heterocycles. The van der Waals surface area contributed by atoms with Crippen molar-refractivity contribution in [1.29, 1.82) is 0 Å². The number of piperazine rings is 1. The van der Waals surface area contributed by atoms with Crippen LogP contribution in [-0.4, -0.2) is 45.4 Å². The number of nitrogens with one attached hydrogen (secondary N) is 1. The number of nitrogens with two attached hydrogens (primary N) is 1. The maximum atomic E-state index is 5.84. The Morgan fingerprint density at radius 1 is 1.47 bits per heavy atom. The van der Waals surface area contributed by atoms with Crippen molar-refractivity contribution in [1.82, 2.24) is 25.1 Å². The van der Waals surface area contributed by atoms with E-state index in [-0.39, 0.29) is 0 Å². The van der Waals surface area contributed by atoms with Crippen molar-refractivity contribution in [2.75, 3.05) is 30.3 Å². The molecule has 7 nitrogen and oxygen atoms in total. The van der Waals surface area contributed by atoms with Gasteiger partial charge in [-0.2, -0.15) is 15.1 Å². The molecule has 2 aromatic rings. The Morgan fingerprint density at radius 2 is 2.32 bits per heavy atom. The highest BCUT2D eigenvalue weighted by Crippen LogP contribution is 2.26. The molecule has 1 fully saturated rings. The zero-order chi connectivity index (χ0) is 13.4. The highest BCUT2D eigenvalue weighted by Gasteiger charge is 2.25. The van der Waals surface area contributed by atoms with Crippen LogP contribution in [0.4, 0.5) is 11.8 Å². The first-order chi connectivity index (χ1) is 9.20. The minimum absolute atomic E-state index is 0.305. The molecule has 0 bridgehead atoms. The molecule has 102 valence electrons. The average molecular weight is 261 g/mol. The molecule has 1 aliphatic rings. The normalized spacial score (nSPS) is 20.1. The molecule has 7 heteroatoms. The van der Waals surface area contributed by atoms with Gasteiger partial charge in [0.15, 0.2) is 5.65 Å². The standard InChI is InChI=1S/C12H19N7/c1-3-8-6-14-4-5-19(8)11-9-7-15-18(2)10(9)16-12(13)17-11/h7-8,14H,3-6H2,1-2H3,(H2,13,16,17)/t8-/m0/s1. The van der Waals surface area contributed by atoms with Crippen LogP contribution >= 0.6 is 0 Å². The van der Waals surface area contributed by atoms with Gasteiger partial charge in [-0.1, -0.05) is 6.92 Å². The number of nitrogen functional groups attached to an aromatic ring is 1. The number of aromatic nitrogens is 4. The third-order valence-corrected chi connectivity index (χ3v) is 3.68. The van der Waals surface area contributed by atoms with E-state index in [1.807, 2.05) is 13.2 Å². The molecule has 1 aliphatic heterocycles. The molecule has 0 aliphatic carbocycles. The first-order valence-electron chi connectivity index (χ1n) is 6.63. The van der Waals surface area contributed by atoms with Crippen LogP contribution in [0.5, 0.6) is 0 Å². The number of hydrogen-bond donors (Lipinski definition) is 2. The van der Waals surface area contributed by atoms with E-state index in [4.69, 9.17) is 5.73 Å². The van der Waals surface area contributed by atoms with E-state index in [1.165, 1.54) is 0 Å². The Hall–Kier alpha value is -1.89. The van der Waals surface area contributed by atoms with Crippen LogP contribution in [0.25, 0.3) is 11.0 Å². The van der Waals surface area contributed by atoms with E-state index < -0.39 is 0 Å². The van der Waals surface area contributed by atoms with Gasteiger partial charge in [-0.15, -0.1) is 0 Å². The van der Waals surface area contributed by atoms with E-state index in [1.54, 1.807) is 4.68 Å². The summed E-state index contributed by atoms with van der Waals surface area (Å²) in [5.74, 6) is 1.21. The van der Waals surface area contributed by atoms with Gasteiger partial charge in [-0.25, -0.2) is 0 Å². The summed E-state index contributed by atoms with van der Waals surface area (Å²) in [6.45, 7) is 5.05. The SMILES string of the molecule is CC[C@H]1CNCCN1c1nc(N)nc2c1cnn2C. The van der Waals surface area contributed by atoms with E-state index in [2.05, 4.69) is 32.2 Å². The van der Waals surface area contributed by atoms with Crippen LogP contribution in [0, 0.1) is 0 Å². The molecule has 19 heavy (non-hydrogen) atoms. The molecular formula is C12H19N7. The topological polar surface area (TPSA) is 84.9 Å². The van der Waals surface area contributed by atoms with Gasteiger partial charge in [0.1, 0.15) is 5.82 Å². The second-order valence-corrected chi connectivity index (χ2v) is 4.87. The second kappa shape index (κ2) is 4.65. The molecule has 0 radical (unpaired) electrons. The molecule has 0 unspecified atom stereocenters. The van der Waals surface area contributed by atoms with E-state index in [0.717, 1.165) is 42.9 Å². The van der Waals surface area contributed by atoms with Gasteiger partial charge >= 0.3 is 0 Å². The summed E-state index contributed by atoms with van der Waals surface area (Å²) in [5, 5.41) is 8.65. The summed E-state index contributed by atoms with van der Waals surface area (Å²) in [6, 6.07) is 0.437. The molecular weight excluding hydrogens is 242 g/mol. The van der Waals surface area contributed by atoms with Gasteiger partial charge in [0.2, 0.25) is 5.95 Å². The van der Waals surface area contributed by atoms with Crippen molar-refractivity contribution in [3.63, 3.8) is 0 Å². The monoisotopic (exact) mass is 261 g/mol. The van der Waals surface area contributed by atoms with Gasteiger partial charge < -0.3 is 16.0 Å². The Labute approximate surface area is 111 Å². The lowest BCUT2D eigenvalue weighted by molar-refractivity contribution is 0.464. The predicted molar refractivity (Wildman–Crippen MR) is 75.0 cm³/mol. The van der Waals surface area contributed by atoms with Gasteiger partial charge in [-0.3, -0.25) is 4.68 Å². The molecule has 1 atom stereocenters. The zero-order valence-electron chi connectivity index (χ0n) is 11.3. The Morgan fingerprint density at radius 3 is 3.11 bits per heavy atom. The summed E-state index contributed by atoms with van der Waals surface area (Å²) in [5.41, 5.74) is 6.63. The number of aryl methyl sites for hydroxylation is 1. The highest BCUT2D eigenvalue weighted by molar-refractivity contribution is 5.88. The van der Waals surface area contributed by atoms with Crippen LogP contribution in [0.2, 0.25) is 0 Å². The third kappa shape index (κ3) is 1.99. The van der Waals surface area contributed by atoms with Crippen molar-refractivity contribution in [3.05, 3.63) is 6.20 Å². The summed E-state index contributed by atoms with van der Waals surface area (Å²) >= 11 is 0. The maximum Gasteiger partial charge on any atom is 0.224 e. The molecule has 3 rings (SSSR count). The molecule has 0 spiro atoms. The van der Waals surface area contributed by atoms with E-state index in [0.29, 0.717) is 12.0 Å². The molecule has 3 heterocycles. The fourth-order valence-corrected chi connectivity index (χ4v) is 2.65. The van der Waals surface area contributed by atoms with Crippen molar-refractivity contribution >= 4 is 22.8 Å². The number of rotatable bonds is 2. The fourth-order valence-electron chi connectivity index (χ4n) is 2.65. The number of hydrogen-bond acceptors (Lipinski definition) is 6. The van der Waals surface area contributed by atoms with Crippen molar-refractivity contribution < 1.29 is 0 Å². The molecule has 0 aromatic carbocycles. The average Bonchev–Trinajstić information content (AvgIpc) is 2.79. The van der Waals surface area contributed by atoms with Gasteiger partial charge in [0.25, 0.3) is 0 Å². The van der Waals surface area contributed by atoms with Crippen molar-refractivity contribution in [2.45, 2.75) is 19.4 Å². The van der Waals surface area contributed by atoms with Gasteiger partial charge in [0.05, 0.1) is 11.6 Å². The number of nitrogens with zero attached hydrogens (tertiary/aromatic N) is 5. The quantitative estimate of drug-likeness (QED) is 0.799. The fraction of sp³-hybridized carbons (Fsp3) is 0.583. The Kier molecular flexibility index (Phi) is 2.98. The first kappa shape index (κ1) is 12.2. The highest BCUT2D eigenvalue weighted by atomic mass is 15.3. The molecule has 0 saturated carbocycles. The van der Waals surface area contributed by atoms with Gasteiger partial charge in [0, 0.05) is 32.7 Å². The largest absolute Gasteiger partial charge is 0.368 e. The molecule has 3 N–H and O–H groups in total. The molecule has 2 aromatic heterocycles. The van der Waals surface area contributed by atoms with Crippen LogP contribution < -0.4 is 16.0 Å². The van der Waals surface area contributed by atoms with Crippen LogP contribution in [0.1, 0.15) is 13.3 Å². The maximum absolute atomic E-state index is 5.84. The lowest BCUT2D eigenvalue weighted by Gasteiger charge is -2.36. The smallest absolute Gasteiger partial charge is 0.224 e. The zero-order valence-corrected chi connectivity index (χ0v) is 11.3. The summed E-state index contributed by atoms with van der Waals surface area (Å²) in [7, 11) is 1.87. The lowest BCUT2D eigenvalue weighted by Crippen LogP contribution is -2.51. The predicted octanol–water partition coefficient (Wildman–Crippen LogP) is 0.134. The third-order valence-electron chi connectivity index (χ3n) is 3.68. The van der Waals surface area contributed by atoms with Crippen LogP contribution in [-0.2, 0) is 7.05 Å². The Bertz CT molecular complexity index is 591. The van der Waals surface area contributed by atoms with E-state index >= 15 is 0 Å². The molecule has 0 amide bonds. The van der Waals surface area contributed by atoms with Crippen molar-refractivity contribution in [2.24, 2.45) is 7.05 Å². The minimum Gasteiger partial charge on any atom is -0.368 e. The minimum atomic E-state index is 0.305. The second-order valence-electron chi connectivity index (χ2n) is 4.87. The Balaban J connectivity index is 2.12. The van der Waals surface area contributed by atoms with Gasteiger partial charge in [-0.05, 0) is 6.42 Å². The van der Waals surface area contributed by atoms with Crippen LogP contribution in [0.3, 0.4) is 0 Å². The first-order valence-corrected chi connectivity index (χ1v) is 6.63. The summed E-state index contributed by atoms with van der Waals surface area (Å²) < 4.78 is 1.74. The van der Waals surface area contributed by atoms with Crippen LogP contribution in [0.15, 0.2) is 6.20 Å². The van der Waals surface area contributed by atoms with E-state index in [9.17, 15) is 0 Å². The number of fused-ring (bicyclic) bond motifs is 1. The lowest BCUT2D eigenvalue weighted by atomic mass is 10.1. The summed E-state index contributed by atoms with van der Waals surface area (Å²) in [6.07, 6.45) is 2.89. The number of anilines is 2.